The Kier molecular flexibility index (Phi) is 5.91. The predicted molar refractivity (Wildman–Crippen MR) is 122 cm³/mol. The molecule has 0 saturated carbocycles. The first-order chi connectivity index (χ1) is 15.3. The van der Waals surface area contributed by atoms with E-state index < -0.39 is 15.9 Å². The Morgan fingerprint density at radius 1 is 1.03 bits per heavy atom. The maximum absolute atomic E-state index is 12.7. The monoisotopic (exact) mass is 450 g/mol. The minimum absolute atomic E-state index is 0.0442. The Morgan fingerprint density at radius 2 is 1.75 bits per heavy atom. The second-order valence-electron chi connectivity index (χ2n) is 7.58. The fraction of sp³-hybridized carbons (Fsp3) is 0.174. The molecule has 0 aliphatic carbocycles. The van der Waals surface area contributed by atoms with Crippen LogP contribution in [0.1, 0.15) is 12.0 Å². The topological polar surface area (TPSA) is 108 Å². The Hall–Kier alpha value is -3.72. The van der Waals surface area contributed by atoms with Crippen molar-refractivity contribution in [3.8, 4) is 0 Å². The summed E-state index contributed by atoms with van der Waals surface area (Å²) in [6, 6.07) is 18.3. The molecule has 1 aliphatic rings. The fourth-order valence-electron chi connectivity index (χ4n) is 3.44. The van der Waals surface area contributed by atoms with Crippen molar-refractivity contribution in [1.82, 2.24) is 4.98 Å². The molecule has 1 saturated heterocycles. The summed E-state index contributed by atoms with van der Waals surface area (Å²) >= 11 is 0. The number of aromatic nitrogens is 1. The van der Waals surface area contributed by atoms with Crippen molar-refractivity contribution in [3.63, 3.8) is 0 Å². The van der Waals surface area contributed by atoms with Gasteiger partial charge in [-0.05, 0) is 55.5 Å². The first-order valence-corrected chi connectivity index (χ1v) is 11.5. The van der Waals surface area contributed by atoms with Crippen molar-refractivity contribution in [2.45, 2.75) is 18.2 Å². The van der Waals surface area contributed by atoms with E-state index in [2.05, 4.69) is 15.0 Å². The van der Waals surface area contributed by atoms with E-state index in [1.54, 1.807) is 23.1 Å². The zero-order chi connectivity index (χ0) is 22.7. The average Bonchev–Trinajstić information content (AvgIpc) is 3.17. The lowest BCUT2D eigenvalue weighted by Gasteiger charge is -2.17. The van der Waals surface area contributed by atoms with Gasteiger partial charge >= 0.3 is 0 Å². The number of pyridine rings is 1. The van der Waals surface area contributed by atoms with E-state index in [9.17, 15) is 18.0 Å². The molecular formula is C23H22N4O4S. The summed E-state index contributed by atoms with van der Waals surface area (Å²) in [5.41, 5.74) is 2.31. The molecule has 1 fully saturated rings. The molecule has 32 heavy (non-hydrogen) atoms. The molecule has 2 amide bonds. The molecule has 2 aromatic carbocycles. The van der Waals surface area contributed by atoms with Crippen LogP contribution in [0.3, 0.4) is 0 Å². The second kappa shape index (κ2) is 8.80. The summed E-state index contributed by atoms with van der Waals surface area (Å²) < 4.78 is 27.4. The van der Waals surface area contributed by atoms with E-state index in [0.29, 0.717) is 12.2 Å². The van der Waals surface area contributed by atoms with Crippen LogP contribution < -0.4 is 14.9 Å². The third kappa shape index (κ3) is 4.78. The van der Waals surface area contributed by atoms with Gasteiger partial charge in [-0.25, -0.2) is 13.4 Å². The van der Waals surface area contributed by atoms with Crippen molar-refractivity contribution < 1.29 is 18.0 Å². The van der Waals surface area contributed by atoms with Gasteiger partial charge in [-0.3, -0.25) is 14.3 Å². The van der Waals surface area contributed by atoms with Crippen LogP contribution in [-0.2, 0) is 19.6 Å². The molecule has 164 valence electrons. The molecule has 0 spiro atoms. The van der Waals surface area contributed by atoms with Gasteiger partial charge in [-0.2, -0.15) is 0 Å². The molecule has 9 heteroatoms. The molecule has 1 unspecified atom stereocenters. The molecule has 1 atom stereocenters. The van der Waals surface area contributed by atoms with Gasteiger partial charge in [0.2, 0.25) is 11.8 Å². The van der Waals surface area contributed by atoms with E-state index in [-0.39, 0.29) is 28.9 Å². The minimum atomic E-state index is -3.80. The zero-order valence-corrected chi connectivity index (χ0v) is 18.2. The third-order valence-electron chi connectivity index (χ3n) is 5.18. The number of carbonyl (C=O) groups excluding carboxylic acids is 2. The maximum Gasteiger partial charge on any atom is 0.263 e. The average molecular weight is 451 g/mol. The number of benzene rings is 2. The lowest BCUT2D eigenvalue weighted by molar-refractivity contribution is -0.122. The molecule has 0 radical (unpaired) electrons. The van der Waals surface area contributed by atoms with Crippen LogP contribution in [0.2, 0.25) is 0 Å². The number of carbonyl (C=O) groups is 2. The molecule has 1 aliphatic heterocycles. The second-order valence-corrected chi connectivity index (χ2v) is 9.26. The van der Waals surface area contributed by atoms with Gasteiger partial charge in [-0.1, -0.05) is 23.8 Å². The number of anilines is 3. The summed E-state index contributed by atoms with van der Waals surface area (Å²) in [6.07, 6.45) is 1.62. The number of hydrogen-bond acceptors (Lipinski definition) is 5. The molecule has 0 bridgehead atoms. The van der Waals surface area contributed by atoms with E-state index >= 15 is 0 Å². The molecule has 3 aromatic rings. The van der Waals surface area contributed by atoms with Gasteiger partial charge in [0.15, 0.2) is 0 Å². The van der Waals surface area contributed by atoms with Crippen LogP contribution >= 0.6 is 0 Å². The highest BCUT2D eigenvalue weighted by atomic mass is 32.2. The van der Waals surface area contributed by atoms with Crippen LogP contribution in [-0.4, -0.2) is 31.8 Å². The predicted octanol–water partition coefficient (Wildman–Crippen LogP) is 3.18. The van der Waals surface area contributed by atoms with Gasteiger partial charge in [0.1, 0.15) is 5.82 Å². The lowest BCUT2D eigenvalue weighted by Crippen LogP contribution is -2.28. The van der Waals surface area contributed by atoms with Gasteiger partial charge in [-0.15, -0.1) is 0 Å². The van der Waals surface area contributed by atoms with Gasteiger partial charge < -0.3 is 10.2 Å². The summed E-state index contributed by atoms with van der Waals surface area (Å²) in [5, 5.41) is 2.77. The Labute approximate surface area is 186 Å². The van der Waals surface area contributed by atoms with Crippen molar-refractivity contribution in [2.24, 2.45) is 5.92 Å². The van der Waals surface area contributed by atoms with E-state index in [0.717, 1.165) is 11.3 Å². The van der Waals surface area contributed by atoms with Crippen LogP contribution in [0.4, 0.5) is 17.2 Å². The summed E-state index contributed by atoms with van der Waals surface area (Å²) in [5.74, 6) is -0.654. The largest absolute Gasteiger partial charge is 0.326 e. The first kappa shape index (κ1) is 21.5. The maximum atomic E-state index is 12.7. The molecule has 2 heterocycles. The highest BCUT2D eigenvalue weighted by Crippen LogP contribution is 2.26. The zero-order valence-electron chi connectivity index (χ0n) is 17.4. The number of aryl methyl sites for hydroxylation is 1. The standard InChI is InChI=1S/C23H22N4O4S/c1-16-5-9-19(10-6-16)27-15-17(14-22(27)28)23(29)25-18-7-11-20(12-8-18)32(30,31)26-21-4-2-3-13-24-21/h2-13,17H,14-15H2,1H3,(H,24,26)(H,25,29). The molecule has 1 aromatic heterocycles. The van der Waals surface area contributed by atoms with E-state index in [1.807, 2.05) is 31.2 Å². The Bertz CT molecular complexity index is 1230. The summed E-state index contributed by atoms with van der Waals surface area (Å²) in [6.45, 7) is 2.27. The number of nitrogens with zero attached hydrogens (tertiary/aromatic N) is 2. The van der Waals surface area contributed by atoms with E-state index in [4.69, 9.17) is 0 Å². The Balaban J connectivity index is 1.40. The fourth-order valence-corrected chi connectivity index (χ4v) is 4.45. The molecular weight excluding hydrogens is 428 g/mol. The number of nitrogens with one attached hydrogen (secondary N) is 2. The third-order valence-corrected chi connectivity index (χ3v) is 6.55. The SMILES string of the molecule is Cc1ccc(N2CC(C(=O)Nc3ccc(S(=O)(=O)Nc4ccccn4)cc3)CC2=O)cc1. The van der Waals surface area contributed by atoms with Crippen molar-refractivity contribution >= 4 is 39.0 Å². The van der Waals surface area contributed by atoms with Crippen molar-refractivity contribution in [3.05, 3.63) is 78.5 Å². The van der Waals surface area contributed by atoms with Gasteiger partial charge in [0, 0.05) is 30.5 Å². The Morgan fingerprint density at radius 3 is 2.41 bits per heavy atom. The minimum Gasteiger partial charge on any atom is -0.326 e. The normalized spacial score (nSPS) is 16.1. The van der Waals surface area contributed by atoms with E-state index in [1.165, 1.54) is 30.5 Å². The van der Waals surface area contributed by atoms with Crippen molar-refractivity contribution in [1.29, 1.82) is 0 Å². The van der Waals surface area contributed by atoms with Crippen LogP contribution in [0.15, 0.2) is 77.8 Å². The quantitative estimate of drug-likeness (QED) is 0.600. The number of hydrogen-bond donors (Lipinski definition) is 2. The van der Waals surface area contributed by atoms with Crippen LogP contribution in [0, 0.1) is 12.8 Å². The van der Waals surface area contributed by atoms with Gasteiger partial charge in [0.25, 0.3) is 10.0 Å². The van der Waals surface area contributed by atoms with Gasteiger partial charge in [0.05, 0.1) is 10.8 Å². The summed E-state index contributed by atoms with van der Waals surface area (Å²) in [7, 11) is -3.80. The highest BCUT2D eigenvalue weighted by Gasteiger charge is 2.35. The first-order valence-electron chi connectivity index (χ1n) is 10.0. The lowest BCUT2D eigenvalue weighted by atomic mass is 10.1. The molecule has 8 nitrogen and oxygen atoms in total. The highest BCUT2D eigenvalue weighted by molar-refractivity contribution is 7.92. The molecule has 2 N–H and O–H groups in total. The molecule has 4 rings (SSSR count). The smallest absolute Gasteiger partial charge is 0.263 e. The number of rotatable bonds is 6. The van der Waals surface area contributed by atoms with Crippen LogP contribution in [0.5, 0.6) is 0 Å². The van der Waals surface area contributed by atoms with Crippen LogP contribution in [0.25, 0.3) is 0 Å². The number of amides is 2. The summed E-state index contributed by atoms with van der Waals surface area (Å²) in [4.78, 5) is 30.7. The number of sulfonamides is 1. The van der Waals surface area contributed by atoms with Crippen molar-refractivity contribution in [2.75, 3.05) is 21.5 Å².